The largest absolute Gasteiger partial charge is 0.313 e. The van der Waals surface area contributed by atoms with Crippen molar-refractivity contribution in [2.75, 3.05) is 0 Å². The minimum atomic E-state index is 0.773. The van der Waals surface area contributed by atoms with E-state index >= 15 is 0 Å². The van der Waals surface area contributed by atoms with Crippen molar-refractivity contribution >= 4 is 33.7 Å². The van der Waals surface area contributed by atoms with Gasteiger partial charge in [0.1, 0.15) is 0 Å². The summed E-state index contributed by atoms with van der Waals surface area (Å²) in [5.41, 5.74) is 18.5. The molecule has 5 aromatic carbocycles. The highest BCUT2D eigenvalue weighted by Gasteiger charge is 2.27. The summed E-state index contributed by atoms with van der Waals surface area (Å²) in [4.78, 5) is 0. The molecule has 0 bridgehead atoms. The first kappa shape index (κ1) is 26.5. The van der Waals surface area contributed by atoms with Gasteiger partial charge in [-0.3, -0.25) is 0 Å². The number of fused-ring (bicyclic) bond motifs is 6. The van der Waals surface area contributed by atoms with Crippen molar-refractivity contribution in [3.05, 3.63) is 172 Å². The molecule has 0 saturated carbocycles. The first-order valence-corrected chi connectivity index (χ1v) is 16.4. The maximum Gasteiger partial charge on any atom is 0.0537 e. The van der Waals surface area contributed by atoms with Crippen LogP contribution in [0.15, 0.2) is 133 Å². The zero-order valence-corrected chi connectivity index (χ0v) is 25.8. The number of para-hydroxylation sites is 2. The van der Waals surface area contributed by atoms with Gasteiger partial charge < -0.3 is 4.57 Å². The van der Waals surface area contributed by atoms with Gasteiger partial charge in [0.15, 0.2) is 0 Å². The second-order valence-corrected chi connectivity index (χ2v) is 12.8. The highest BCUT2D eigenvalue weighted by atomic mass is 35.5. The van der Waals surface area contributed by atoms with Crippen molar-refractivity contribution in [2.45, 2.75) is 32.1 Å². The van der Waals surface area contributed by atoms with E-state index < -0.39 is 0 Å². The molecule has 1 heterocycles. The number of halogens is 1. The number of hydrogen-bond donors (Lipinski definition) is 0. The van der Waals surface area contributed by atoms with Gasteiger partial charge in [-0.05, 0) is 124 Å². The van der Waals surface area contributed by atoms with Gasteiger partial charge in [-0.2, -0.15) is 0 Å². The fraction of sp³-hybridized carbons (Fsp3) is 0.116. The fourth-order valence-corrected chi connectivity index (χ4v) is 8.19. The topological polar surface area (TPSA) is 4.93 Å². The summed E-state index contributed by atoms with van der Waals surface area (Å²) in [6.07, 6.45) is 14.4. The summed E-state index contributed by atoms with van der Waals surface area (Å²) < 4.78 is 2.46. The lowest BCUT2D eigenvalue weighted by atomic mass is 9.87. The number of allylic oxidation sites excluding steroid dienone is 5. The number of benzene rings is 5. The van der Waals surface area contributed by atoms with E-state index in [1.165, 1.54) is 83.5 Å². The number of nitrogens with zero attached hydrogens (tertiary/aromatic N) is 1. The second-order valence-electron chi connectivity index (χ2n) is 12.4. The normalized spacial score (nSPS) is 15.0. The molecule has 0 aliphatic heterocycles. The van der Waals surface area contributed by atoms with E-state index in [9.17, 15) is 0 Å². The predicted octanol–water partition coefficient (Wildman–Crippen LogP) is 11.6. The Morgan fingerprint density at radius 3 is 2.18 bits per heavy atom. The van der Waals surface area contributed by atoms with Gasteiger partial charge in [0.05, 0.1) is 5.52 Å². The average Bonchev–Trinajstić information content (AvgIpc) is 3.65. The first-order chi connectivity index (χ1) is 22.2. The van der Waals surface area contributed by atoms with Gasteiger partial charge in [0.2, 0.25) is 0 Å². The molecule has 216 valence electrons. The SMILES string of the molecule is Clc1cc(C2=CCCc3c2c2ccccc2n3-c2ccccc2)cc(-c2cccc3c2Cc2c(C4=CC=CCC4)cccc2-3)c1. The maximum absolute atomic E-state index is 6.99. The summed E-state index contributed by atoms with van der Waals surface area (Å²) in [6, 6.07) is 39.9. The monoisotopic (exact) mass is 597 g/mol. The van der Waals surface area contributed by atoms with E-state index in [1.54, 1.807) is 0 Å². The fourth-order valence-electron chi connectivity index (χ4n) is 7.95. The maximum atomic E-state index is 6.99. The Hall–Kier alpha value is -4.85. The third kappa shape index (κ3) is 4.30. The van der Waals surface area contributed by atoms with Gasteiger partial charge in [0.25, 0.3) is 0 Å². The Bertz CT molecular complexity index is 2240. The van der Waals surface area contributed by atoms with E-state index in [2.05, 4.69) is 138 Å². The van der Waals surface area contributed by atoms with Crippen LogP contribution in [-0.2, 0) is 12.8 Å². The highest BCUT2D eigenvalue weighted by Crippen LogP contribution is 2.47. The van der Waals surface area contributed by atoms with Crippen molar-refractivity contribution in [1.29, 1.82) is 0 Å². The number of rotatable bonds is 4. The van der Waals surface area contributed by atoms with Crippen LogP contribution < -0.4 is 0 Å². The Kier molecular flexibility index (Phi) is 6.28. The molecule has 3 aliphatic rings. The average molecular weight is 598 g/mol. The van der Waals surface area contributed by atoms with Crippen LogP contribution in [0.1, 0.15) is 52.8 Å². The minimum Gasteiger partial charge on any atom is -0.313 e. The third-order valence-corrected chi connectivity index (χ3v) is 10.1. The molecule has 6 aromatic rings. The molecule has 0 radical (unpaired) electrons. The van der Waals surface area contributed by atoms with Gasteiger partial charge in [-0.1, -0.05) is 109 Å². The molecule has 45 heavy (non-hydrogen) atoms. The molecule has 0 fully saturated rings. The molecule has 0 atom stereocenters. The van der Waals surface area contributed by atoms with Crippen molar-refractivity contribution in [1.82, 2.24) is 4.57 Å². The lowest BCUT2D eigenvalue weighted by Gasteiger charge is -2.19. The second kappa shape index (κ2) is 10.6. The molecule has 9 rings (SSSR count). The molecule has 1 aromatic heterocycles. The Morgan fingerprint density at radius 1 is 0.622 bits per heavy atom. The van der Waals surface area contributed by atoms with E-state index in [0.717, 1.165) is 37.1 Å². The molecule has 0 amide bonds. The summed E-state index contributed by atoms with van der Waals surface area (Å²) >= 11 is 6.99. The van der Waals surface area contributed by atoms with Crippen LogP contribution >= 0.6 is 11.6 Å². The van der Waals surface area contributed by atoms with Crippen molar-refractivity contribution < 1.29 is 0 Å². The number of aromatic nitrogens is 1. The van der Waals surface area contributed by atoms with Crippen LogP contribution in [0.4, 0.5) is 0 Å². The van der Waals surface area contributed by atoms with Crippen LogP contribution in [0.3, 0.4) is 0 Å². The van der Waals surface area contributed by atoms with E-state index in [0.29, 0.717) is 0 Å². The molecular formula is C43H32ClN. The zero-order chi connectivity index (χ0) is 29.9. The summed E-state index contributed by atoms with van der Waals surface area (Å²) in [5, 5.41) is 2.06. The molecule has 0 saturated heterocycles. The van der Waals surface area contributed by atoms with E-state index in [1.807, 2.05) is 0 Å². The molecule has 1 nitrogen and oxygen atoms in total. The van der Waals surface area contributed by atoms with Crippen LogP contribution in [0.5, 0.6) is 0 Å². The highest BCUT2D eigenvalue weighted by molar-refractivity contribution is 6.31. The predicted molar refractivity (Wildman–Crippen MR) is 190 cm³/mol. The standard InChI is InChI=1S/C43H32ClN/c44-31-25-29(34-18-10-21-37-36-20-9-17-33(39(36)27-40(34)37)28-12-3-1-4-13-28)24-30(26-31)35-19-11-23-42-43(35)38-16-7-8-22-41(38)45(42)32-14-5-2-6-15-32/h1-3,5-10,12,14-22,24-26H,4,11,13,23,27H2. The Morgan fingerprint density at radius 2 is 1.36 bits per heavy atom. The van der Waals surface area contributed by atoms with E-state index in [-0.39, 0.29) is 0 Å². The minimum absolute atomic E-state index is 0.773. The van der Waals surface area contributed by atoms with Gasteiger partial charge in [-0.15, -0.1) is 0 Å². The molecular weight excluding hydrogens is 566 g/mol. The molecule has 0 spiro atoms. The number of hydrogen-bond acceptors (Lipinski definition) is 0. The molecule has 2 heteroatoms. The van der Waals surface area contributed by atoms with E-state index in [4.69, 9.17) is 11.6 Å². The lowest BCUT2D eigenvalue weighted by Crippen LogP contribution is -2.06. The smallest absolute Gasteiger partial charge is 0.0537 e. The van der Waals surface area contributed by atoms with Gasteiger partial charge >= 0.3 is 0 Å². The molecule has 3 aliphatic carbocycles. The Balaban J connectivity index is 1.18. The van der Waals surface area contributed by atoms with Crippen LogP contribution in [0.2, 0.25) is 5.02 Å². The van der Waals surface area contributed by atoms with Crippen molar-refractivity contribution in [3.63, 3.8) is 0 Å². The lowest BCUT2D eigenvalue weighted by molar-refractivity contribution is 0.884. The quantitative estimate of drug-likeness (QED) is 0.190. The van der Waals surface area contributed by atoms with Crippen molar-refractivity contribution in [3.8, 4) is 27.9 Å². The Labute approximate surface area is 269 Å². The van der Waals surface area contributed by atoms with Crippen LogP contribution in [0.25, 0.3) is 50.0 Å². The summed E-state index contributed by atoms with van der Waals surface area (Å²) in [5.74, 6) is 0. The molecule has 0 unspecified atom stereocenters. The van der Waals surface area contributed by atoms with Crippen LogP contribution in [-0.4, -0.2) is 4.57 Å². The van der Waals surface area contributed by atoms with Gasteiger partial charge in [0, 0.05) is 27.4 Å². The zero-order valence-electron chi connectivity index (χ0n) is 25.1. The summed E-state index contributed by atoms with van der Waals surface area (Å²) in [7, 11) is 0. The third-order valence-electron chi connectivity index (χ3n) is 9.86. The van der Waals surface area contributed by atoms with Crippen molar-refractivity contribution in [2.24, 2.45) is 0 Å². The van der Waals surface area contributed by atoms with Gasteiger partial charge in [-0.25, -0.2) is 0 Å². The van der Waals surface area contributed by atoms with Crippen LogP contribution in [0, 0.1) is 0 Å². The summed E-state index contributed by atoms with van der Waals surface area (Å²) in [6.45, 7) is 0. The molecule has 0 N–H and O–H groups in total. The first-order valence-electron chi connectivity index (χ1n) is 16.0.